The van der Waals surface area contributed by atoms with E-state index in [2.05, 4.69) is 63.2 Å². The SMILES string of the molecule is CC.CCC(C)CC(c1ccccc1)N(C)C. The fourth-order valence-corrected chi connectivity index (χ4v) is 1.87. The van der Waals surface area contributed by atoms with Gasteiger partial charge in [0.25, 0.3) is 0 Å². The summed E-state index contributed by atoms with van der Waals surface area (Å²) in [5.41, 5.74) is 1.43. The van der Waals surface area contributed by atoms with Crippen molar-refractivity contribution >= 4 is 0 Å². The van der Waals surface area contributed by atoms with Crippen molar-refractivity contribution < 1.29 is 0 Å². The molecule has 1 aromatic rings. The maximum Gasteiger partial charge on any atom is 0.0344 e. The highest BCUT2D eigenvalue weighted by Crippen LogP contribution is 2.26. The lowest BCUT2D eigenvalue weighted by Gasteiger charge is -2.27. The maximum atomic E-state index is 2.33. The first-order chi connectivity index (χ1) is 8.15. The molecule has 1 nitrogen and oxygen atoms in total. The number of hydrogen-bond donors (Lipinski definition) is 0. The Balaban J connectivity index is 0.00000121. The molecule has 2 atom stereocenters. The van der Waals surface area contributed by atoms with Gasteiger partial charge in [-0.1, -0.05) is 64.4 Å². The Morgan fingerprint density at radius 2 is 1.59 bits per heavy atom. The first-order valence-corrected chi connectivity index (χ1v) is 6.86. The predicted octanol–water partition coefficient (Wildman–Crippen LogP) is 4.75. The highest BCUT2D eigenvalue weighted by atomic mass is 15.1. The van der Waals surface area contributed by atoms with Crippen LogP contribution in [0.4, 0.5) is 0 Å². The lowest BCUT2D eigenvalue weighted by Crippen LogP contribution is -2.21. The van der Waals surface area contributed by atoms with Gasteiger partial charge in [-0.2, -0.15) is 0 Å². The molecule has 0 saturated heterocycles. The van der Waals surface area contributed by atoms with Crippen molar-refractivity contribution in [3.63, 3.8) is 0 Å². The summed E-state index contributed by atoms with van der Waals surface area (Å²) in [7, 11) is 4.33. The van der Waals surface area contributed by atoms with Crippen LogP contribution in [0, 0.1) is 5.92 Å². The third-order valence-electron chi connectivity index (χ3n) is 3.13. The van der Waals surface area contributed by atoms with Crippen molar-refractivity contribution in [1.82, 2.24) is 4.90 Å². The van der Waals surface area contributed by atoms with Gasteiger partial charge in [0.2, 0.25) is 0 Å². The summed E-state index contributed by atoms with van der Waals surface area (Å²) in [4.78, 5) is 2.32. The number of rotatable bonds is 5. The van der Waals surface area contributed by atoms with Gasteiger partial charge in [-0.3, -0.25) is 0 Å². The summed E-state index contributed by atoms with van der Waals surface area (Å²) >= 11 is 0. The van der Waals surface area contributed by atoms with Crippen LogP contribution >= 0.6 is 0 Å². The van der Waals surface area contributed by atoms with Crippen molar-refractivity contribution in [2.24, 2.45) is 5.92 Å². The highest BCUT2D eigenvalue weighted by molar-refractivity contribution is 5.18. The van der Waals surface area contributed by atoms with Gasteiger partial charge in [-0.25, -0.2) is 0 Å². The molecule has 1 heteroatoms. The lowest BCUT2D eigenvalue weighted by atomic mass is 9.93. The lowest BCUT2D eigenvalue weighted by molar-refractivity contribution is 0.251. The zero-order valence-corrected chi connectivity index (χ0v) is 12.4. The molecular weight excluding hydrogens is 206 g/mol. The summed E-state index contributed by atoms with van der Waals surface area (Å²) in [6.45, 7) is 8.60. The molecule has 0 aliphatic carbocycles. The molecule has 17 heavy (non-hydrogen) atoms. The molecule has 0 radical (unpaired) electrons. The number of benzene rings is 1. The number of nitrogens with zero attached hydrogens (tertiary/aromatic N) is 1. The van der Waals surface area contributed by atoms with Gasteiger partial charge in [-0.15, -0.1) is 0 Å². The number of hydrogen-bond acceptors (Lipinski definition) is 1. The predicted molar refractivity (Wildman–Crippen MR) is 78.3 cm³/mol. The summed E-state index contributed by atoms with van der Waals surface area (Å²) in [5, 5.41) is 0. The Morgan fingerprint density at radius 3 is 2.00 bits per heavy atom. The van der Waals surface area contributed by atoms with Crippen molar-refractivity contribution in [2.45, 2.75) is 46.6 Å². The molecule has 0 aromatic heterocycles. The van der Waals surface area contributed by atoms with Crippen LogP contribution in [0.25, 0.3) is 0 Å². The molecule has 0 fully saturated rings. The van der Waals surface area contributed by atoms with Crippen LogP contribution in [-0.2, 0) is 0 Å². The normalized spacial score (nSPS) is 13.8. The summed E-state index contributed by atoms with van der Waals surface area (Å²) in [5.74, 6) is 0.789. The van der Waals surface area contributed by atoms with E-state index in [1.807, 2.05) is 13.8 Å². The van der Waals surface area contributed by atoms with Crippen LogP contribution in [0.5, 0.6) is 0 Å². The van der Waals surface area contributed by atoms with Crippen molar-refractivity contribution in [3.8, 4) is 0 Å². The van der Waals surface area contributed by atoms with E-state index < -0.39 is 0 Å². The standard InChI is InChI=1S/C14H23N.C2H6/c1-5-12(2)11-14(15(3)4)13-9-7-6-8-10-13;1-2/h6-10,12,14H,5,11H2,1-4H3;1-2H3. The third-order valence-corrected chi connectivity index (χ3v) is 3.13. The second-order valence-electron chi connectivity index (χ2n) is 4.64. The Labute approximate surface area is 108 Å². The molecule has 1 rings (SSSR count). The second kappa shape index (κ2) is 9.23. The average Bonchev–Trinajstić information content (AvgIpc) is 2.38. The summed E-state index contributed by atoms with van der Waals surface area (Å²) in [6, 6.07) is 11.4. The van der Waals surface area contributed by atoms with E-state index in [0.29, 0.717) is 6.04 Å². The van der Waals surface area contributed by atoms with Gasteiger partial charge in [-0.05, 0) is 32.0 Å². The smallest absolute Gasteiger partial charge is 0.0344 e. The van der Waals surface area contributed by atoms with Crippen LogP contribution in [-0.4, -0.2) is 19.0 Å². The quantitative estimate of drug-likeness (QED) is 0.711. The Morgan fingerprint density at radius 1 is 1.06 bits per heavy atom. The Kier molecular flexibility index (Phi) is 8.79. The average molecular weight is 235 g/mol. The molecule has 0 N–H and O–H groups in total. The van der Waals surface area contributed by atoms with Gasteiger partial charge >= 0.3 is 0 Å². The maximum absolute atomic E-state index is 2.33. The first-order valence-electron chi connectivity index (χ1n) is 6.86. The fourth-order valence-electron chi connectivity index (χ4n) is 1.87. The van der Waals surface area contributed by atoms with E-state index >= 15 is 0 Å². The first kappa shape index (κ1) is 16.2. The molecule has 2 unspecified atom stereocenters. The van der Waals surface area contributed by atoms with Crippen LogP contribution in [0.15, 0.2) is 30.3 Å². The van der Waals surface area contributed by atoms with E-state index in [1.165, 1.54) is 18.4 Å². The molecule has 0 bridgehead atoms. The molecule has 98 valence electrons. The van der Waals surface area contributed by atoms with E-state index in [1.54, 1.807) is 0 Å². The zero-order valence-electron chi connectivity index (χ0n) is 12.4. The van der Waals surface area contributed by atoms with Gasteiger partial charge in [0.05, 0.1) is 0 Å². The van der Waals surface area contributed by atoms with Crippen LogP contribution in [0.1, 0.15) is 52.1 Å². The highest BCUT2D eigenvalue weighted by Gasteiger charge is 2.15. The zero-order chi connectivity index (χ0) is 13.3. The van der Waals surface area contributed by atoms with Crippen LogP contribution in [0.3, 0.4) is 0 Å². The minimum Gasteiger partial charge on any atom is -0.302 e. The van der Waals surface area contributed by atoms with E-state index in [4.69, 9.17) is 0 Å². The Bertz CT molecular complexity index is 266. The van der Waals surface area contributed by atoms with Crippen molar-refractivity contribution in [3.05, 3.63) is 35.9 Å². The topological polar surface area (TPSA) is 3.24 Å². The summed E-state index contributed by atoms with van der Waals surface area (Å²) in [6.07, 6.45) is 2.50. The fraction of sp³-hybridized carbons (Fsp3) is 0.625. The second-order valence-corrected chi connectivity index (χ2v) is 4.64. The molecule has 0 amide bonds. The van der Waals surface area contributed by atoms with Gasteiger partial charge in [0.1, 0.15) is 0 Å². The molecule has 0 saturated carbocycles. The molecule has 0 aliphatic heterocycles. The van der Waals surface area contributed by atoms with E-state index in [-0.39, 0.29) is 0 Å². The van der Waals surface area contributed by atoms with Gasteiger partial charge < -0.3 is 4.90 Å². The molecule has 0 heterocycles. The molecular formula is C16H29N. The molecule has 1 aromatic carbocycles. The van der Waals surface area contributed by atoms with Gasteiger partial charge in [0, 0.05) is 6.04 Å². The molecule has 0 spiro atoms. The van der Waals surface area contributed by atoms with Crippen molar-refractivity contribution in [1.29, 1.82) is 0 Å². The monoisotopic (exact) mass is 235 g/mol. The minimum atomic E-state index is 0.557. The minimum absolute atomic E-state index is 0.557. The van der Waals surface area contributed by atoms with Crippen LogP contribution < -0.4 is 0 Å². The van der Waals surface area contributed by atoms with Crippen molar-refractivity contribution in [2.75, 3.05) is 14.1 Å². The third kappa shape index (κ3) is 5.88. The largest absolute Gasteiger partial charge is 0.302 e. The van der Waals surface area contributed by atoms with Crippen LogP contribution in [0.2, 0.25) is 0 Å². The summed E-state index contributed by atoms with van der Waals surface area (Å²) < 4.78 is 0. The van der Waals surface area contributed by atoms with E-state index in [0.717, 1.165) is 5.92 Å². The van der Waals surface area contributed by atoms with E-state index in [9.17, 15) is 0 Å². The van der Waals surface area contributed by atoms with Gasteiger partial charge in [0.15, 0.2) is 0 Å². The Hall–Kier alpha value is -0.820. The molecule has 0 aliphatic rings.